The summed E-state index contributed by atoms with van der Waals surface area (Å²) >= 11 is 1.16. The molecule has 8 aromatic rings. The highest BCUT2D eigenvalue weighted by Gasteiger charge is 2.24. The van der Waals surface area contributed by atoms with Crippen LogP contribution in [0.3, 0.4) is 0 Å². The minimum atomic E-state index is -3.76. The molecule has 0 unspecified atom stereocenters. The first kappa shape index (κ1) is 40.4. The van der Waals surface area contributed by atoms with Crippen LogP contribution in [-0.4, -0.2) is 60.1 Å². The van der Waals surface area contributed by atoms with Crippen LogP contribution < -0.4 is 15.4 Å². The number of ether oxygens (including phenoxy) is 1. The van der Waals surface area contributed by atoms with Crippen LogP contribution in [0.25, 0.3) is 16.6 Å². The lowest BCUT2D eigenvalue weighted by Gasteiger charge is -2.08. The highest BCUT2D eigenvalue weighted by Crippen LogP contribution is 2.29. The van der Waals surface area contributed by atoms with Gasteiger partial charge in [-0.3, -0.25) is 14.6 Å². The molecule has 0 atom stereocenters. The number of methoxy groups -OCH3 is 1. The van der Waals surface area contributed by atoms with Gasteiger partial charge in [-0.25, -0.2) is 31.8 Å². The van der Waals surface area contributed by atoms with Crippen molar-refractivity contribution in [3.05, 3.63) is 155 Å². The molecule has 0 radical (unpaired) electrons. The van der Waals surface area contributed by atoms with Gasteiger partial charge in [-0.05, 0) is 79.6 Å². The second-order valence-corrected chi connectivity index (χ2v) is 18.2. The Balaban J connectivity index is 0.000000179. The van der Waals surface area contributed by atoms with Gasteiger partial charge in [0.25, 0.3) is 11.8 Å². The van der Waals surface area contributed by atoms with Crippen LogP contribution in [0.15, 0.2) is 145 Å². The van der Waals surface area contributed by atoms with Gasteiger partial charge in [0.15, 0.2) is 16.4 Å². The molecule has 0 bridgehead atoms. The molecule has 8 rings (SSSR count). The Bertz CT molecular complexity index is 3000. The summed E-state index contributed by atoms with van der Waals surface area (Å²) in [4.78, 5) is 41.3. The summed E-state index contributed by atoms with van der Waals surface area (Å²) in [6.07, 6.45) is 8.31. The number of furan rings is 1. The van der Waals surface area contributed by atoms with Gasteiger partial charge >= 0.3 is 0 Å². The van der Waals surface area contributed by atoms with E-state index in [1.54, 1.807) is 110 Å². The SMILES string of the molecule is COc1cccc(S(=O)(=O)c2ccc(CNC(=O)c3ccc4nccn4c3)cc2)n1.Cc1nc(C)c(S(=O)(=O)c2ccc(CNC(=O)c3cc4ccncc4o3)cc2)s1. The third kappa shape index (κ3) is 9.04. The van der Waals surface area contributed by atoms with E-state index in [4.69, 9.17) is 9.15 Å². The Morgan fingerprint density at radius 2 is 1.47 bits per heavy atom. The third-order valence-electron chi connectivity index (χ3n) is 8.86. The van der Waals surface area contributed by atoms with Gasteiger partial charge in [0.2, 0.25) is 25.6 Å². The molecule has 18 heteroatoms. The number of pyridine rings is 3. The molecule has 2 N–H and O–H groups in total. The van der Waals surface area contributed by atoms with Crippen LogP contribution in [0.4, 0.5) is 0 Å². The van der Waals surface area contributed by atoms with Crippen molar-refractivity contribution in [2.75, 3.05) is 7.11 Å². The van der Waals surface area contributed by atoms with E-state index in [0.29, 0.717) is 21.8 Å². The zero-order valence-corrected chi connectivity index (χ0v) is 34.1. The summed E-state index contributed by atoms with van der Waals surface area (Å²) < 4.78 is 63.6. The van der Waals surface area contributed by atoms with E-state index in [1.807, 2.05) is 0 Å². The largest absolute Gasteiger partial charge is 0.481 e. The highest BCUT2D eigenvalue weighted by molar-refractivity contribution is 7.93. The number of carbonyl (C=O) groups is 2. The number of hydrogen-bond acceptors (Lipinski definition) is 13. The average Bonchev–Trinajstić information content (AvgIpc) is 4.00. The Kier molecular flexibility index (Phi) is 11.6. The molecule has 2 aromatic carbocycles. The molecule has 59 heavy (non-hydrogen) atoms. The average molecular weight is 850 g/mol. The number of fused-ring (bicyclic) bond motifs is 2. The fourth-order valence-corrected chi connectivity index (χ4v) is 9.91. The lowest BCUT2D eigenvalue weighted by Crippen LogP contribution is -2.23. The van der Waals surface area contributed by atoms with Crippen molar-refractivity contribution in [1.29, 1.82) is 0 Å². The van der Waals surface area contributed by atoms with E-state index in [2.05, 4.69) is 30.6 Å². The van der Waals surface area contributed by atoms with E-state index in [9.17, 15) is 26.4 Å². The summed E-state index contributed by atoms with van der Waals surface area (Å²) in [6.45, 7) is 3.97. The molecule has 6 heterocycles. The molecule has 6 aromatic heterocycles. The monoisotopic (exact) mass is 849 g/mol. The quantitative estimate of drug-likeness (QED) is 0.150. The Morgan fingerprint density at radius 1 is 0.797 bits per heavy atom. The van der Waals surface area contributed by atoms with E-state index in [0.717, 1.165) is 33.5 Å². The number of imidazole rings is 1. The number of amides is 2. The topological polar surface area (TPSA) is 205 Å². The predicted octanol–water partition coefficient (Wildman–Crippen LogP) is 6.16. The number of benzene rings is 2. The van der Waals surface area contributed by atoms with Gasteiger partial charge in [0, 0.05) is 49.3 Å². The van der Waals surface area contributed by atoms with E-state index in [-0.39, 0.29) is 55.6 Å². The van der Waals surface area contributed by atoms with Crippen LogP contribution in [0.5, 0.6) is 5.88 Å². The Labute approximate surface area is 342 Å². The van der Waals surface area contributed by atoms with Gasteiger partial charge in [-0.15, -0.1) is 11.3 Å². The number of aryl methyl sites for hydroxylation is 2. The molecule has 2 amide bonds. The van der Waals surface area contributed by atoms with Crippen molar-refractivity contribution < 1.29 is 35.6 Å². The molecule has 300 valence electrons. The molecular formula is C41H35N7O8S3. The van der Waals surface area contributed by atoms with Crippen molar-refractivity contribution in [2.45, 2.75) is 46.0 Å². The standard InChI is InChI=1S/C21H18N4O4S.C20H17N3O4S2/c1-29-19-3-2-4-20(24-19)30(27,28)17-8-5-15(6-9-17)13-23-21(26)16-7-10-18-22-11-12-25(18)14-16;1-12-20(28-13(2)23-12)29(25,26)16-5-3-14(4-6-16)10-22-19(24)17-9-15-7-8-21-11-18(15)27-17/h2-12,14H,13H2,1H3,(H,23,26);3-9,11H,10H2,1-2H3,(H,22,24). The van der Waals surface area contributed by atoms with Crippen molar-refractivity contribution in [2.24, 2.45) is 0 Å². The first-order chi connectivity index (χ1) is 28.3. The van der Waals surface area contributed by atoms with Crippen molar-refractivity contribution in [1.82, 2.24) is 35.0 Å². The van der Waals surface area contributed by atoms with E-state index < -0.39 is 19.7 Å². The number of nitrogens with zero attached hydrogens (tertiary/aromatic N) is 5. The summed E-state index contributed by atoms with van der Waals surface area (Å²) in [5, 5.41) is 7.02. The first-order valence-corrected chi connectivity index (χ1v) is 21.6. The summed E-state index contributed by atoms with van der Waals surface area (Å²) in [5.74, 6) is -0.163. The van der Waals surface area contributed by atoms with Gasteiger partial charge in [0.1, 0.15) is 9.86 Å². The smallest absolute Gasteiger partial charge is 0.287 e. The van der Waals surface area contributed by atoms with Crippen molar-refractivity contribution >= 4 is 59.4 Å². The lowest BCUT2D eigenvalue weighted by molar-refractivity contribution is 0.0923. The molecular weight excluding hydrogens is 815 g/mol. The number of sulfone groups is 2. The molecule has 0 saturated carbocycles. The highest BCUT2D eigenvalue weighted by atomic mass is 32.2. The summed E-state index contributed by atoms with van der Waals surface area (Å²) in [5.41, 5.74) is 3.85. The zero-order valence-electron chi connectivity index (χ0n) is 31.7. The summed E-state index contributed by atoms with van der Waals surface area (Å²) in [7, 11) is -5.95. The van der Waals surface area contributed by atoms with E-state index >= 15 is 0 Å². The predicted molar refractivity (Wildman–Crippen MR) is 218 cm³/mol. The van der Waals surface area contributed by atoms with Gasteiger partial charge < -0.3 is 24.2 Å². The zero-order chi connectivity index (χ0) is 41.7. The fraction of sp³-hybridized carbons (Fsp3) is 0.122. The molecule has 0 fully saturated rings. The normalized spacial score (nSPS) is 11.5. The number of nitrogens with one attached hydrogen (secondary N) is 2. The molecule has 0 spiro atoms. The molecule has 0 aliphatic rings. The number of carbonyl (C=O) groups excluding carboxylic acids is 2. The fourth-order valence-electron chi connectivity index (χ4n) is 5.83. The number of thiazole rings is 1. The second-order valence-electron chi connectivity index (χ2n) is 12.9. The Hall–Kier alpha value is -6.76. The third-order valence-corrected chi connectivity index (χ3v) is 14.0. The van der Waals surface area contributed by atoms with Crippen LogP contribution >= 0.6 is 11.3 Å². The van der Waals surface area contributed by atoms with Gasteiger partial charge in [-0.1, -0.05) is 30.3 Å². The molecule has 0 saturated heterocycles. The number of rotatable bonds is 11. The Morgan fingerprint density at radius 3 is 2.12 bits per heavy atom. The second kappa shape index (κ2) is 17.0. The molecule has 0 aliphatic carbocycles. The minimum absolute atomic E-state index is 0.0854. The minimum Gasteiger partial charge on any atom is -0.481 e. The molecule has 15 nitrogen and oxygen atoms in total. The summed E-state index contributed by atoms with van der Waals surface area (Å²) in [6, 6.07) is 24.2. The number of aromatic nitrogens is 5. The van der Waals surface area contributed by atoms with Crippen molar-refractivity contribution in [3.63, 3.8) is 0 Å². The van der Waals surface area contributed by atoms with Crippen LogP contribution in [0.2, 0.25) is 0 Å². The van der Waals surface area contributed by atoms with Crippen molar-refractivity contribution in [3.8, 4) is 5.88 Å². The maximum absolute atomic E-state index is 12.8. The lowest BCUT2D eigenvalue weighted by atomic mass is 10.2. The maximum Gasteiger partial charge on any atom is 0.287 e. The van der Waals surface area contributed by atoms with E-state index in [1.165, 1.54) is 37.4 Å². The van der Waals surface area contributed by atoms with Crippen LogP contribution in [0, 0.1) is 13.8 Å². The van der Waals surface area contributed by atoms with Gasteiger partial charge in [0.05, 0.1) is 39.4 Å². The first-order valence-electron chi connectivity index (χ1n) is 17.8. The van der Waals surface area contributed by atoms with Crippen LogP contribution in [0.1, 0.15) is 42.7 Å². The maximum atomic E-state index is 12.8. The van der Waals surface area contributed by atoms with Crippen LogP contribution in [-0.2, 0) is 32.8 Å². The number of hydrogen-bond donors (Lipinski definition) is 2. The van der Waals surface area contributed by atoms with Gasteiger partial charge in [-0.2, -0.15) is 0 Å². The molecule has 0 aliphatic heterocycles.